The van der Waals surface area contributed by atoms with Crippen molar-refractivity contribution in [3.8, 4) is 0 Å². The number of nitrogens with two attached hydrogens (primary N) is 1. The van der Waals surface area contributed by atoms with E-state index in [-0.39, 0.29) is 15.1 Å². The molecule has 0 radical (unpaired) electrons. The van der Waals surface area contributed by atoms with Crippen LogP contribution in [0.3, 0.4) is 0 Å². The average Bonchev–Trinajstić information content (AvgIpc) is 2.39. The number of anilines is 1. The van der Waals surface area contributed by atoms with Crippen molar-refractivity contribution in [2.75, 3.05) is 5.73 Å². The molecule has 1 aromatic heterocycles. The van der Waals surface area contributed by atoms with Gasteiger partial charge in [0.15, 0.2) is 9.84 Å². The van der Waals surface area contributed by atoms with E-state index in [1.54, 1.807) is 0 Å². The van der Waals surface area contributed by atoms with Crippen molar-refractivity contribution in [3.05, 3.63) is 52.3 Å². The highest BCUT2D eigenvalue weighted by Gasteiger charge is 2.23. The zero-order chi connectivity index (χ0) is 14.9. The summed E-state index contributed by atoms with van der Waals surface area (Å²) in [4.78, 5) is 3.47. The first-order valence-corrected chi connectivity index (χ1v) is 7.82. The highest BCUT2D eigenvalue weighted by Crippen LogP contribution is 2.27. The van der Waals surface area contributed by atoms with Gasteiger partial charge in [-0.15, -0.1) is 0 Å². The quantitative estimate of drug-likeness (QED) is 0.851. The van der Waals surface area contributed by atoms with Gasteiger partial charge in [-0.3, -0.25) is 4.98 Å². The van der Waals surface area contributed by atoms with Gasteiger partial charge in [0.1, 0.15) is 11.6 Å². The van der Waals surface area contributed by atoms with Gasteiger partial charge in [0.05, 0.1) is 27.0 Å². The molecule has 0 aliphatic rings. The van der Waals surface area contributed by atoms with Crippen LogP contribution in [0.25, 0.3) is 0 Å². The molecule has 0 aliphatic carbocycles. The molecule has 0 aliphatic heterocycles. The van der Waals surface area contributed by atoms with Crippen LogP contribution in [-0.4, -0.2) is 13.4 Å². The van der Waals surface area contributed by atoms with Crippen LogP contribution in [0.5, 0.6) is 0 Å². The first kappa shape index (κ1) is 14.9. The topological polar surface area (TPSA) is 73.0 Å². The highest BCUT2D eigenvalue weighted by atomic mass is 79.9. The first-order chi connectivity index (χ1) is 9.33. The molecule has 2 aromatic rings. The van der Waals surface area contributed by atoms with Gasteiger partial charge >= 0.3 is 0 Å². The fraction of sp³-hybridized carbons (Fsp3) is 0.0833. The Morgan fingerprint density at radius 3 is 2.60 bits per heavy atom. The van der Waals surface area contributed by atoms with Crippen molar-refractivity contribution < 1.29 is 17.2 Å². The van der Waals surface area contributed by atoms with Crippen molar-refractivity contribution >= 4 is 31.5 Å². The van der Waals surface area contributed by atoms with Gasteiger partial charge in [-0.2, -0.15) is 0 Å². The van der Waals surface area contributed by atoms with Gasteiger partial charge in [-0.1, -0.05) is 0 Å². The van der Waals surface area contributed by atoms with Crippen LogP contribution < -0.4 is 5.73 Å². The summed E-state index contributed by atoms with van der Waals surface area (Å²) in [6.07, 6.45) is 2.41. The normalized spacial score (nSPS) is 11.6. The molecule has 4 nitrogen and oxygen atoms in total. The highest BCUT2D eigenvalue weighted by molar-refractivity contribution is 9.10. The maximum absolute atomic E-state index is 13.8. The van der Waals surface area contributed by atoms with Crippen LogP contribution in [0.15, 0.2) is 40.0 Å². The SMILES string of the molecule is Nc1cnccc1S(=O)(=O)Cc1c(F)ccc(Br)c1F. The van der Waals surface area contributed by atoms with Gasteiger partial charge < -0.3 is 5.73 Å². The van der Waals surface area contributed by atoms with E-state index in [0.717, 1.165) is 6.07 Å². The molecule has 2 N–H and O–H groups in total. The molecule has 0 amide bonds. The lowest BCUT2D eigenvalue weighted by molar-refractivity contribution is 0.552. The summed E-state index contributed by atoms with van der Waals surface area (Å²) in [7, 11) is -3.97. The van der Waals surface area contributed by atoms with Crippen LogP contribution in [0.4, 0.5) is 14.5 Å². The Kier molecular flexibility index (Phi) is 4.05. The smallest absolute Gasteiger partial charge is 0.184 e. The Hall–Kier alpha value is -1.54. The molecule has 20 heavy (non-hydrogen) atoms. The van der Waals surface area contributed by atoms with E-state index < -0.39 is 32.8 Å². The summed E-state index contributed by atoms with van der Waals surface area (Å²) in [5.41, 5.74) is 4.93. The van der Waals surface area contributed by atoms with Crippen LogP contribution in [0.2, 0.25) is 0 Å². The minimum atomic E-state index is -3.97. The number of hydrogen-bond donors (Lipinski definition) is 1. The first-order valence-electron chi connectivity index (χ1n) is 5.37. The molecule has 106 valence electrons. The number of nitrogens with zero attached hydrogens (tertiary/aromatic N) is 1. The summed E-state index contributed by atoms with van der Waals surface area (Å²) in [6.45, 7) is 0. The second kappa shape index (κ2) is 5.45. The monoisotopic (exact) mass is 362 g/mol. The van der Waals surface area contributed by atoms with Crippen molar-refractivity contribution in [3.63, 3.8) is 0 Å². The second-order valence-corrected chi connectivity index (χ2v) is 6.81. The molecule has 0 saturated heterocycles. The number of rotatable bonds is 3. The van der Waals surface area contributed by atoms with Crippen LogP contribution in [-0.2, 0) is 15.6 Å². The lowest BCUT2D eigenvalue weighted by Crippen LogP contribution is -2.11. The summed E-state index contributed by atoms with van der Waals surface area (Å²) < 4.78 is 51.8. The third-order valence-electron chi connectivity index (χ3n) is 2.62. The van der Waals surface area contributed by atoms with Crippen LogP contribution >= 0.6 is 15.9 Å². The summed E-state index contributed by atoms with van der Waals surface area (Å²) in [5, 5.41) is 0. The minimum absolute atomic E-state index is 0.00759. The Morgan fingerprint density at radius 2 is 1.95 bits per heavy atom. The van der Waals surface area contributed by atoms with Gasteiger partial charge in [0.25, 0.3) is 0 Å². The number of hydrogen-bond acceptors (Lipinski definition) is 4. The molecular weight excluding hydrogens is 354 g/mol. The molecule has 0 spiro atoms. The van der Waals surface area contributed by atoms with Crippen LogP contribution in [0, 0.1) is 11.6 Å². The predicted octanol–water partition coefficient (Wildman–Crippen LogP) is 2.68. The molecule has 1 heterocycles. The number of halogens is 3. The zero-order valence-corrected chi connectivity index (χ0v) is 12.4. The molecule has 0 unspecified atom stereocenters. The molecule has 1 aromatic carbocycles. The zero-order valence-electron chi connectivity index (χ0n) is 9.98. The number of benzene rings is 1. The van der Waals surface area contributed by atoms with Gasteiger partial charge in [-0.05, 0) is 34.1 Å². The average molecular weight is 363 g/mol. The lowest BCUT2D eigenvalue weighted by atomic mass is 10.2. The van der Waals surface area contributed by atoms with Crippen molar-refractivity contribution in [1.82, 2.24) is 4.98 Å². The van der Waals surface area contributed by atoms with Crippen molar-refractivity contribution in [1.29, 1.82) is 0 Å². The summed E-state index contributed by atoms with van der Waals surface area (Å²) in [5.74, 6) is -2.69. The Morgan fingerprint density at radius 1 is 1.25 bits per heavy atom. The Balaban J connectivity index is 2.50. The van der Waals surface area contributed by atoms with Crippen LogP contribution in [0.1, 0.15) is 5.56 Å². The van der Waals surface area contributed by atoms with E-state index in [4.69, 9.17) is 5.73 Å². The summed E-state index contributed by atoms with van der Waals surface area (Å²) in [6, 6.07) is 3.36. The largest absolute Gasteiger partial charge is 0.396 e. The van der Waals surface area contributed by atoms with E-state index in [9.17, 15) is 17.2 Å². The lowest BCUT2D eigenvalue weighted by Gasteiger charge is -2.09. The van der Waals surface area contributed by atoms with Gasteiger partial charge in [0, 0.05) is 11.8 Å². The molecule has 0 atom stereocenters. The molecule has 0 saturated carbocycles. The summed E-state index contributed by atoms with van der Waals surface area (Å²) >= 11 is 2.89. The predicted molar refractivity (Wildman–Crippen MR) is 73.6 cm³/mol. The van der Waals surface area contributed by atoms with E-state index in [0.29, 0.717) is 0 Å². The molecule has 2 rings (SSSR count). The number of sulfone groups is 1. The fourth-order valence-corrected chi connectivity index (χ4v) is 3.50. The second-order valence-electron chi connectivity index (χ2n) is 3.99. The Bertz CT molecular complexity index is 766. The molecule has 8 heteroatoms. The van der Waals surface area contributed by atoms with Gasteiger partial charge in [-0.25, -0.2) is 17.2 Å². The number of pyridine rings is 1. The number of nitrogen functional groups attached to an aromatic ring is 1. The van der Waals surface area contributed by atoms with E-state index >= 15 is 0 Å². The van der Waals surface area contributed by atoms with Crippen molar-refractivity contribution in [2.24, 2.45) is 0 Å². The molecule has 0 fully saturated rings. The van der Waals surface area contributed by atoms with Crippen molar-refractivity contribution in [2.45, 2.75) is 10.6 Å². The standard InChI is InChI=1S/C12H9BrF2N2O2S/c13-8-1-2-9(14)7(12(8)15)6-20(18,19)11-3-4-17-5-10(11)16/h1-5H,6,16H2. The number of aromatic nitrogens is 1. The third-order valence-corrected chi connectivity index (χ3v) is 4.94. The molecular formula is C12H9BrF2N2O2S. The maximum Gasteiger partial charge on any atom is 0.184 e. The fourth-order valence-electron chi connectivity index (χ4n) is 1.65. The molecule has 0 bridgehead atoms. The van der Waals surface area contributed by atoms with E-state index in [1.165, 1.54) is 24.5 Å². The maximum atomic E-state index is 13.8. The van der Waals surface area contributed by atoms with E-state index in [2.05, 4.69) is 20.9 Å². The minimum Gasteiger partial charge on any atom is -0.396 e. The Labute approximate surface area is 122 Å². The third kappa shape index (κ3) is 2.80. The van der Waals surface area contributed by atoms with Gasteiger partial charge in [0.2, 0.25) is 0 Å². The van der Waals surface area contributed by atoms with E-state index in [1.807, 2.05) is 0 Å².